The zero-order valence-electron chi connectivity index (χ0n) is 11.9. The van der Waals surface area contributed by atoms with Gasteiger partial charge in [-0.2, -0.15) is 11.8 Å². The minimum Gasteiger partial charge on any atom is -0.313 e. The normalized spacial score (nSPS) is 12.9. The fourth-order valence-electron chi connectivity index (χ4n) is 1.89. The van der Waals surface area contributed by atoms with Crippen molar-refractivity contribution in [3.8, 4) is 0 Å². The van der Waals surface area contributed by atoms with Crippen LogP contribution in [0.2, 0.25) is 10.0 Å². The van der Waals surface area contributed by atoms with E-state index in [1.54, 1.807) is 0 Å². The molecule has 1 aromatic rings. The SMILES string of the molecule is CCNC(CSCC(C)C)Cc1cc(Cl)ccc1Cl. The van der Waals surface area contributed by atoms with Crippen LogP contribution < -0.4 is 5.32 Å². The molecule has 1 N–H and O–H groups in total. The summed E-state index contributed by atoms with van der Waals surface area (Å²) in [5, 5.41) is 5.09. The Bertz CT molecular complexity index is 382. The fraction of sp³-hybridized carbons (Fsp3) is 0.600. The summed E-state index contributed by atoms with van der Waals surface area (Å²) in [6.45, 7) is 7.62. The summed E-state index contributed by atoms with van der Waals surface area (Å²) in [6.07, 6.45) is 0.929. The van der Waals surface area contributed by atoms with E-state index >= 15 is 0 Å². The van der Waals surface area contributed by atoms with Crippen LogP contribution in [0.25, 0.3) is 0 Å². The van der Waals surface area contributed by atoms with Crippen molar-refractivity contribution in [2.24, 2.45) is 5.92 Å². The number of hydrogen-bond acceptors (Lipinski definition) is 2. The quantitative estimate of drug-likeness (QED) is 0.731. The molecule has 1 unspecified atom stereocenters. The predicted molar refractivity (Wildman–Crippen MR) is 89.8 cm³/mol. The summed E-state index contributed by atoms with van der Waals surface area (Å²) in [7, 11) is 0. The third kappa shape index (κ3) is 6.89. The first-order chi connectivity index (χ1) is 9.02. The van der Waals surface area contributed by atoms with Gasteiger partial charge < -0.3 is 5.32 Å². The molecule has 0 aliphatic heterocycles. The minimum atomic E-state index is 0.449. The van der Waals surface area contributed by atoms with Crippen molar-refractivity contribution < 1.29 is 0 Å². The number of likely N-dealkylation sites (N-methyl/N-ethyl adjacent to an activating group) is 1. The molecule has 1 rings (SSSR count). The molecule has 0 spiro atoms. The molecule has 1 atom stereocenters. The molecule has 0 amide bonds. The van der Waals surface area contributed by atoms with Crippen LogP contribution in [0.4, 0.5) is 0 Å². The minimum absolute atomic E-state index is 0.449. The first-order valence-corrected chi connectivity index (χ1v) is 8.69. The molecule has 4 heteroatoms. The summed E-state index contributed by atoms with van der Waals surface area (Å²) < 4.78 is 0. The Kier molecular flexibility index (Phi) is 8.24. The maximum atomic E-state index is 6.23. The molecule has 0 aliphatic rings. The zero-order valence-corrected chi connectivity index (χ0v) is 14.2. The lowest BCUT2D eigenvalue weighted by molar-refractivity contribution is 0.572. The van der Waals surface area contributed by atoms with Gasteiger partial charge in [-0.1, -0.05) is 44.0 Å². The number of thioether (sulfide) groups is 1. The van der Waals surface area contributed by atoms with Crippen LogP contribution in [0.5, 0.6) is 0 Å². The Labute approximate surface area is 131 Å². The van der Waals surface area contributed by atoms with Gasteiger partial charge in [-0.25, -0.2) is 0 Å². The Balaban J connectivity index is 2.58. The van der Waals surface area contributed by atoms with Crippen LogP contribution >= 0.6 is 35.0 Å². The zero-order chi connectivity index (χ0) is 14.3. The van der Waals surface area contributed by atoms with Gasteiger partial charge >= 0.3 is 0 Å². The number of benzene rings is 1. The lowest BCUT2D eigenvalue weighted by atomic mass is 10.1. The van der Waals surface area contributed by atoms with E-state index in [2.05, 4.69) is 26.1 Å². The topological polar surface area (TPSA) is 12.0 Å². The summed E-state index contributed by atoms with van der Waals surface area (Å²) in [5.41, 5.74) is 1.13. The fourth-order valence-corrected chi connectivity index (χ4v) is 3.41. The third-order valence-electron chi connectivity index (χ3n) is 2.74. The molecule has 0 radical (unpaired) electrons. The van der Waals surface area contributed by atoms with E-state index in [0.29, 0.717) is 6.04 Å². The standard InChI is InChI=1S/C15H23Cl2NS/c1-4-18-14(10-19-9-11(2)3)8-12-7-13(16)5-6-15(12)17/h5-7,11,14,18H,4,8-10H2,1-3H3. The molecule has 0 saturated heterocycles. The van der Waals surface area contributed by atoms with E-state index in [0.717, 1.165) is 40.2 Å². The van der Waals surface area contributed by atoms with Gasteiger partial charge in [-0.05, 0) is 48.4 Å². The summed E-state index contributed by atoms with van der Waals surface area (Å²) in [6, 6.07) is 6.14. The maximum absolute atomic E-state index is 6.23. The van der Waals surface area contributed by atoms with E-state index in [4.69, 9.17) is 23.2 Å². The van der Waals surface area contributed by atoms with E-state index in [-0.39, 0.29) is 0 Å². The molecule has 108 valence electrons. The maximum Gasteiger partial charge on any atom is 0.0439 e. The molecule has 0 saturated carbocycles. The molecule has 1 nitrogen and oxygen atoms in total. The van der Waals surface area contributed by atoms with Gasteiger partial charge in [0.2, 0.25) is 0 Å². The third-order valence-corrected chi connectivity index (χ3v) is 4.88. The van der Waals surface area contributed by atoms with Gasteiger partial charge in [0.15, 0.2) is 0 Å². The average molecular weight is 320 g/mol. The van der Waals surface area contributed by atoms with Crippen molar-refractivity contribution in [3.05, 3.63) is 33.8 Å². The highest BCUT2D eigenvalue weighted by atomic mass is 35.5. The van der Waals surface area contributed by atoms with Crippen molar-refractivity contribution in [1.29, 1.82) is 0 Å². The first-order valence-electron chi connectivity index (χ1n) is 6.78. The number of nitrogens with one attached hydrogen (secondary N) is 1. The molecule has 0 bridgehead atoms. The Morgan fingerprint density at radius 2 is 1.95 bits per heavy atom. The second kappa shape index (κ2) is 9.12. The Morgan fingerprint density at radius 1 is 1.21 bits per heavy atom. The molecular formula is C15H23Cl2NS. The lowest BCUT2D eigenvalue weighted by Gasteiger charge is -2.19. The molecular weight excluding hydrogens is 297 g/mol. The number of halogens is 2. The van der Waals surface area contributed by atoms with Gasteiger partial charge in [0.1, 0.15) is 0 Å². The highest BCUT2D eigenvalue weighted by Gasteiger charge is 2.11. The Hall–Kier alpha value is 0.110. The molecule has 0 aliphatic carbocycles. The summed E-state index contributed by atoms with van der Waals surface area (Å²) in [4.78, 5) is 0. The second-order valence-corrected chi connectivity index (χ2v) is 7.04. The van der Waals surface area contributed by atoms with Crippen molar-refractivity contribution in [2.75, 3.05) is 18.1 Å². The lowest BCUT2D eigenvalue weighted by Crippen LogP contribution is -2.33. The van der Waals surface area contributed by atoms with E-state index < -0.39 is 0 Å². The van der Waals surface area contributed by atoms with Crippen LogP contribution in [0, 0.1) is 5.92 Å². The van der Waals surface area contributed by atoms with Crippen LogP contribution in [0.1, 0.15) is 26.3 Å². The van der Waals surface area contributed by atoms with Crippen LogP contribution in [0.3, 0.4) is 0 Å². The predicted octanol–water partition coefficient (Wildman–Crippen LogP) is 4.90. The molecule has 0 aromatic heterocycles. The monoisotopic (exact) mass is 319 g/mol. The highest BCUT2D eigenvalue weighted by Crippen LogP contribution is 2.23. The van der Waals surface area contributed by atoms with Gasteiger partial charge in [0.05, 0.1) is 0 Å². The van der Waals surface area contributed by atoms with Crippen molar-refractivity contribution >= 4 is 35.0 Å². The van der Waals surface area contributed by atoms with Crippen LogP contribution in [0.15, 0.2) is 18.2 Å². The van der Waals surface area contributed by atoms with Crippen molar-refractivity contribution in [2.45, 2.75) is 33.2 Å². The number of hydrogen-bond donors (Lipinski definition) is 1. The molecule has 1 aromatic carbocycles. The molecule has 0 heterocycles. The van der Waals surface area contributed by atoms with Crippen LogP contribution in [-0.2, 0) is 6.42 Å². The average Bonchev–Trinajstić information content (AvgIpc) is 2.33. The van der Waals surface area contributed by atoms with Gasteiger partial charge in [-0.15, -0.1) is 0 Å². The largest absolute Gasteiger partial charge is 0.313 e. The Morgan fingerprint density at radius 3 is 2.58 bits per heavy atom. The smallest absolute Gasteiger partial charge is 0.0439 e. The van der Waals surface area contributed by atoms with E-state index in [9.17, 15) is 0 Å². The van der Waals surface area contributed by atoms with Crippen molar-refractivity contribution in [3.63, 3.8) is 0 Å². The highest BCUT2D eigenvalue weighted by molar-refractivity contribution is 7.99. The second-order valence-electron chi connectivity index (χ2n) is 5.13. The summed E-state index contributed by atoms with van der Waals surface area (Å²) >= 11 is 14.3. The van der Waals surface area contributed by atoms with E-state index in [1.165, 1.54) is 5.75 Å². The van der Waals surface area contributed by atoms with Gasteiger partial charge in [-0.3, -0.25) is 0 Å². The number of rotatable bonds is 8. The van der Waals surface area contributed by atoms with Gasteiger partial charge in [0.25, 0.3) is 0 Å². The van der Waals surface area contributed by atoms with Crippen molar-refractivity contribution in [1.82, 2.24) is 5.32 Å². The van der Waals surface area contributed by atoms with Gasteiger partial charge in [0, 0.05) is 21.8 Å². The molecule has 0 fully saturated rings. The van der Waals surface area contributed by atoms with E-state index in [1.807, 2.05) is 30.0 Å². The summed E-state index contributed by atoms with van der Waals surface area (Å²) in [5.74, 6) is 3.04. The first kappa shape index (κ1) is 17.2. The molecule has 19 heavy (non-hydrogen) atoms. The van der Waals surface area contributed by atoms with Crippen LogP contribution in [-0.4, -0.2) is 24.1 Å².